The van der Waals surface area contributed by atoms with E-state index in [1.807, 2.05) is 37.3 Å². The summed E-state index contributed by atoms with van der Waals surface area (Å²) in [4.78, 5) is 7.91. The number of aliphatic imine (C=N–C) groups is 1. The van der Waals surface area contributed by atoms with Gasteiger partial charge in [0.2, 0.25) is 0 Å². The Labute approximate surface area is 165 Å². The van der Waals surface area contributed by atoms with Gasteiger partial charge in [-0.2, -0.15) is 13.2 Å². The Kier molecular flexibility index (Phi) is 8.41. The summed E-state index contributed by atoms with van der Waals surface area (Å²) in [6.07, 6.45) is -3.33. The third kappa shape index (κ3) is 7.58. The maximum atomic E-state index is 12.7. The Morgan fingerprint density at radius 3 is 2.68 bits per heavy atom. The molecule has 0 radical (unpaired) electrons. The first-order valence-electron chi connectivity index (χ1n) is 9.77. The van der Waals surface area contributed by atoms with Crippen molar-refractivity contribution in [1.29, 1.82) is 0 Å². The van der Waals surface area contributed by atoms with Crippen LogP contribution in [-0.2, 0) is 0 Å². The molecule has 1 aliphatic heterocycles. The van der Waals surface area contributed by atoms with Crippen LogP contribution in [-0.4, -0.2) is 74.4 Å². The van der Waals surface area contributed by atoms with Gasteiger partial charge in [0, 0.05) is 26.7 Å². The van der Waals surface area contributed by atoms with Gasteiger partial charge in [0.25, 0.3) is 0 Å². The maximum absolute atomic E-state index is 12.7. The molecule has 1 saturated heterocycles. The lowest BCUT2D eigenvalue weighted by Gasteiger charge is -2.26. The lowest BCUT2D eigenvalue weighted by molar-refractivity contribution is -0.146. The van der Waals surface area contributed by atoms with Gasteiger partial charge in [-0.15, -0.1) is 0 Å². The van der Waals surface area contributed by atoms with E-state index in [9.17, 15) is 13.2 Å². The third-order valence-corrected chi connectivity index (χ3v) is 4.79. The number of para-hydroxylation sites is 1. The second kappa shape index (κ2) is 10.5. The minimum atomic E-state index is -4.15. The number of nitrogens with one attached hydrogen (secondary N) is 1. The fourth-order valence-electron chi connectivity index (χ4n) is 3.44. The Morgan fingerprint density at radius 2 is 2.07 bits per heavy atom. The van der Waals surface area contributed by atoms with Gasteiger partial charge in [-0.25, -0.2) is 0 Å². The fraction of sp³-hybridized carbons (Fsp3) is 0.650. The number of ether oxygens (including phenoxy) is 1. The van der Waals surface area contributed by atoms with Crippen molar-refractivity contribution in [2.45, 2.75) is 32.5 Å². The van der Waals surface area contributed by atoms with Crippen molar-refractivity contribution in [3.8, 4) is 5.75 Å². The number of likely N-dealkylation sites (tertiary alicyclic amines) is 1. The number of hydrogen-bond donors (Lipinski definition) is 1. The molecule has 8 heteroatoms. The molecule has 1 heterocycles. The summed E-state index contributed by atoms with van der Waals surface area (Å²) in [6, 6.07) is 9.62. The van der Waals surface area contributed by atoms with Crippen LogP contribution in [0.2, 0.25) is 0 Å². The molecule has 0 bridgehead atoms. The molecule has 1 fully saturated rings. The minimum Gasteiger partial charge on any atom is -0.489 e. The summed E-state index contributed by atoms with van der Waals surface area (Å²) in [5, 5.41) is 3.31. The van der Waals surface area contributed by atoms with Crippen molar-refractivity contribution in [3.63, 3.8) is 0 Å². The lowest BCUT2D eigenvalue weighted by Crippen LogP contribution is -2.44. The van der Waals surface area contributed by atoms with Crippen LogP contribution in [0.1, 0.15) is 20.3 Å². The zero-order chi connectivity index (χ0) is 20.6. The van der Waals surface area contributed by atoms with E-state index in [2.05, 4.69) is 15.2 Å². The molecule has 0 aliphatic carbocycles. The van der Waals surface area contributed by atoms with Gasteiger partial charge in [0.15, 0.2) is 5.96 Å². The van der Waals surface area contributed by atoms with Crippen LogP contribution in [0, 0.1) is 5.92 Å². The van der Waals surface area contributed by atoms with E-state index >= 15 is 0 Å². The van der Waals surface area contributed by atoms with Crippen LogP contribution >= 0.6 is 0 Å². The van der Waals surface area contributed by atoms with Crippen LogP contribution in [0.3, 0.4) is 0 Å². The number of hydrogen-bond acceptors (Lipinski definition) is 3. The third-order valence-electron chi connectivity index (χ3n) is 4.79. The van der Waals surface area contributed by atoms with Gasteiger partial charge in [-0.05, 0) is 37.9 Å². The zero-order valence-corrected chi connectivity index (χ0v) is 16.9. The molecular formula is C20H31F3N4O. The highest BCUT2D eigenvalue weighted by atomic mass is 19.4. The number of halogens is 3. The molecule has 2 atom stereocenters. The Hall–Kier alpha value is -1.96. The van der Waals surface area contributed by atoms with E-state index in [0.29, 0.717) is 26.2 Å². The number of benzene rings is 1. The normalized spacial score (nSPS) is 19.2. The molecule has 5 nitrogen and oxygen atoms in total. The molecule has 1 N–H and O–H groups in total. The summed E-state index contributed by atoms with van der Waals surface area (Å²) < 4.78 is 43.9. The largest absolute Gasteiger partial charge is 0.489 e. The van der Waals surface area contributed by atoms with E-state index in [1.165, 1.54) is 4.90 Å². The number of guanidine groups is 1. The SMILES string of the molecule is CCN(CC1CCN(C(=NC)NCC(C)Oc2ccccc2)C1)CC(F)(F)F. The van der Waals surface area contributed by atoms with Crippen molar-refractivity contribution >= 4 is 5.96 Å². The molecule has 28 heavy (non-hydrogen) atoms. The quantitative estimate of drug-likeness (QED) is 0.537. The minimum absolute atomic E-state index is 0.0417. The average molecular weight is 400 g/mol. The van der Waals surface area contributed by atoms with E-state index in [1.54, 1.807) is 14.0 Å². The van der Waals surface area contributed by atoms with Crippen LogP contribution in [0.5, 0.6) is 5.75 Å². The predicted molar refractivity (Wildman–Crippen MR) is 106 cm³/mol. The highest BCUT2D eigenvalue weighted by Gasteiger charge is 2.33. The van der Waals surface area contributed by atoms with E-state index in [-0.39, 0.29) is 12.0 Å². The smallest absolute Gasteiger partial charge is 0.401 e. The summed E-state index contributed by atoms with van der Waals surface area (Å²) >= 11 is 0. The maximum Gasteiger partial charge on any atom is 0.401 e. The first kappa shape index (κ1) is 22.3. The molecule has 2 rings (SSSR count). The Morgan fingerprint density at radius 1 is 1.36 bits per heavy atom. The van der Waals surface area contributed by atoms with Gasteiger partial charge in [0.05, 0.1) is 13.1 Å². The first-order chi connectivity index (χ1) is 13.3. The molecule has 1 aromatic carbocycles. The van der Waals surface area contributed by atoms with Gasteiger partial charge in [-0.1, -0.05) is 25.1 Å². The Bertz CT molecular complexity index is 609. The summed E-state index contributed by atoms with van der Waals surface area (Å²) in [5.74, 6) is 1.79. The molecule has 0 amide bonds. The molecule has 1 aromatic rings. The Balaban J connectivity index is 1.78. The number of nitrogens with zero attached hydrogens (tertiary/aromatic N) is 3. The van der Waals surface area contributed by atoms with Gasteiger partial charge < -0.3 is 15.0 Å². The molecule has 0 aromatic heterocycles. The van der Waals surface area contributed by atoms with Crippen molar-refractivity contribution in [2.75, 3.05) is 46.3 Å². The molecule has 158 valence electrons. The van der Waals surface area contributed by atoms with Crippen LogP contribution < -0.4 is 10.1 Å². The first-order valence-corrected chi connectivity index (χ1v) is 9.77. The monoisotopic (exact) mass is 400 g/mol. The summed E-state index contributed by atoms with van der Waals surface area (Å²) in [6.45, 7) is 5.86. The molecular weight excluding hydrogens is 369 g/mol. The molecule has 1 aliphatic rings. The summed E-state index contributed by atoms with van der Waals surface area (Å²) in [5.41, 5.74) is 0. The van der Waals surface area contributed by atoms with Crippen molar-refractivity contribution in [1.82, 2.24) is 15.1 Å². The standard InChI is InChI=1S/C20H31F3N4O/c1-4-26(15-20(21,22)23)13-17-10-11-27(14-17)19(24-3)25-12-16(2)28-18-8-6-5-7-9-18/h5-9,16-17H,4,10-15H2,1-3H3,(H,24,25). The van der Waals surface area contributed by atoms with E-state index in [0.717, 1.165) is 24.7 Å². The van der Waals surface area contributed by atoms with Crippen molar-refractivity contribution in [3.05, 3.63) is 30.3 Å². The average Bonchev–Trinajstić information content (AvgIpc) is 3.09. The topological polar surface area (TPSA) is 40.1 Å². The van der Waals surface area contributed by atoms with Crippen LogP contribution in [0.15, 0.2) is 35.3 Å². The molecule has 0 spiro atoms. The fourth-order valence-corrected chi connectivity index (χ4v) is 3.44. The highest BCUT2D eigenvalue weighted by Crippen LogP contribution is 2.21. The second-order valence-corrected chi connectivity index (χ2v) is 7.21. The van der Waals surface area contributed by atoms with E-state index in [4.69, 9.17) is 4.74 Å². The number of alkyl halides is 3. The van der Waals surface area contributed by atoms with Gasteiger partial charge >= 0.3 is 6.18 Å². The van der Waals surface area contributed by atoms with Crippen LogP contribution in [0.4, 0.5) is 13.2 Å². The number of rotatable bonds is 8. The van der Waals surface area contributed by atoms with Crippen LogP contribution in [0.25, 0.3) is 0 Å². The van der Waals surface area contributed by atoms with Crippen molar-refractivity contribution in [2.24, 2.45) is 10.9 Å². The van der Waals surface area contributed by atoms with Crippen molar-refractivity contribution < 1.29 is 17.9 Å². The molecule has 0 saturated carbocycles. The van der Waals surface area contributed by atoms with Gasteiger partial charge in [-0.3, -0.25) is 9.89 Å². The predicted octanol–water partition coefficient (Wildman–Crippen LogP) is 3.24. The molecule has 2 unspecified atom stereocenters. The summed E-state index contributed by atoms with van der Waals surface area (Å²) in [7, 11) is 1.72. The highest BCUT2D eigenvalue weighted by molar-refractivity contribution is 5.80. The van der Waals surface area contributed by atoms with Gasteiger partial charge in [0.1, 0.15) is 11.9 Å². The zero-order valence-electron chi connectivity index (χ0n) is 16.9. The van der Waals surface area contributed by atoms with E-state index < -0.39 is 12.7 Å². The lowest BCUT2D eigenvalue weighted by atomic mass is 10.1. The second-order valence-electron chi connectivity index (χ2n) is 7.21.